The number of methoxy groups -OCH3 is 3. The highest BCUT2D eigenvalue weighted by atomic mass is 16.5. The van der Waals surface area contributed by atoms with Gasteiger partial charge in [0.15, 0.2) is 29.0 Å². The highest BCUT2D eigenvalue weighted by Gasteiger charge is 2.09. The number of benzene rings is 2. The van der Waals surface area contributed by atoms with Crippen LogP contribution in [0, 0.1) is 0 Å². The van der Waals surface area contributed by atoms with Crippen LogP contribution in [-0.2, 0) is 6.54 Å². The minimum atomic E-state index is 0.572. The zero-order chi connectivity index (χ0) is 23.3. The summed E-state index contributed by atoms with van der Waals surface area (Å²) in [5, 5.41) is 6.57. The third-order valence-electron chi connectivity index (χ3n) is 5.12. The lowest BCUT2D eigenvalue weighted by Crippen LogP contribution is -2.30. The quantitative estimate of drug-likeness (QED) is 0.382. The van der Waals surface area contributed by atoms with Gasteiger partial charge in [-0.25, -0.2) is 0 Å². The summed E-state index contributed by atoms with van der Waals surface area (Å²) >= 11 is 0. The van der Waals surface area contributed by atoms with E-state index in [4.69, 9.17) is 18.9 Å². The van der Waals surface area contributed by atoms with Gasteiger partial charge in [0, 0.05) is 31.9 Å². The number of nitrogens with zero attached hydrogens (tertiary/aromatic N) is 2. The Labute approximate surface area is 191 Å². The van der Waals surface area contributed by atoms with Crippen LogP contribution >= 0.6 is 0 Å². The van der Waals surface area contributed by atoms with Crippen molar-refractivity contribution < 1.29 is 18.9 Å². The normalized spacial score (nSPS) is 11.3. The Morgan fingerprint density at radius 2 is 1.53 bits per heavy atom. The molecule has 0 radical (unpaired) electrons. The summed E-state index contributed by atoms with van der Waals surface area (Å²) in [5.74, 6) is 3.42. The summed E-state index contributed by atoms with van der Waals surface area (Å²) in [4.78, 5) is 6.61. The van der Waals surface area contributed by atoms with E-state index in [0.717, 1.165) is 36.6 Å². The maximum Gasteiger partial charge on any atom is 0.195 e. The number of anilines is 1. The molecule has 8 heteroatoms. The summed E-state index contributed by atoms with van der Waals surface area (Å²) < 4.78 is 22.1. The molecule has 0 heterocycles. The molecule has 2 rings (SSSR count). The number of nitrogens with one attached hydrogen (secondary N) is 2. The molecular formula is C24H36N4O4. The van der Waals surface area contributed by atoms with Crippen LogP contribution in [0.4, 0.5) is 5.69 Å². The van der Waals surface area contributed by atoms with Crippen molar-refractivity contribution in [2.24, 2.45) is 4.99 Å². The molecule has 0 spiro atoms. The van der Waals surface area contributed by atoms with E-state index >= 15 is 0 Å². The zero-order valence-corrected chi connectivity index (χ0v) is 20.0. The molecule has 0 saturated heterocycles. The van der Waals surface area contributed by atoms with E-state index in [0.29, 0.717) is 36.4 Å². The largest absolute Gasteiger partial charge is 0.493 e. The summed E-state index contributed by atoms with van der Waals surface area (Å²) in [6.45, 7) is 8.41. The van der Waals surface area contributed by atoms with Gasteiger partial charge >= 0.3 is 0 Å². The summed E-state index contributed by atoms with van der Waals surface area (Å²) in [6.07, 6.45) is 0. The van der Waals surface area contributed by atoms with Gasteiger partial charge in [-0.05, 0) is 42.9 Å². The molecule has 8 nitrogen and oxygen atoms in total. The fraction of sp³-hybridized carbons (Fsp3) is 0.458. The molecule has 2 aromatic carbocycles. The van der Waals surface area contributed by atoms with Gasteiger partial charge in [0.1, 0.15) is 6.61 Å². The topological polar surface area (TPSA) is 76.6 Å². The average Bonchev–Trinajstić information content (AvgIpc) is 2.84. The van der Waals surface area contributed by atoms with Crippen molar-refractivity contribution in [3.8, 4) is 23.0 Å². The summed E-state index contributed by atoms with van der Waals surface area (Å²) in [6, 6.07) is 11.6. The Hall–Kier alpha value is -3.13. The van der Waals surface area contributed by atoms with Crippen LogP contribution in [-0.4, -0.2) is 65.5 Å². The standard InChI is InChI=1S/C24H36N4O4/c1-7-28(8-2)13-14-32-21-11-9-18(15-22(21)30-5)17-26-24(25-3)27-19-10-12-20(29-4)23(16-19)31-6/h9-12,15-16H,7-8,13-14,17H2,1-6H3,(H2,25,26,27). The van der Waals surface area contributed by atoms with Crippen molar-refractivity contribution in [1.82, 2.24) is 10.2 Å². The number of hydrogen-bond acceptors (Lipinski definition) is 6. The van der Waals surface area contributed by atoms with E-state index in [1.165, 1.54) is 0 Å². The minimum Gasteiger partial charge on any atom is -0.493 e. The highest BCUT2D eigenvalue weighted by molar-refractivity contribution is 5.93. The second-order valence-electron chi connectivity index (χ2n) is 6.98. The number of hydrogen-bond donors (Lipinski definition) is 2. The molecule has 0 aliphatic rings. The fourth-order valence-corrected chi connectivity index (χ4v) is 3.18. The van der Waals surface area contributed by atoms with Gasteiger partial charge in [-0.3, -0.25) is 4.99 Å². The van der Waals surface area contributed by atoms with Crippen LogP contribution in [0.3, 0.4) is 0 Å². The molecule has 0 aliphatic heterocycles. The summed E-state index contributed by atoms with van der Waals surface area (Å²) in [7, 11) is 6.60. The third-order valence-corrected chi connectivity index (χ3v) is 5.12. The number of rotatable bonds is 12. The molecule has 0 unspecified atom stereocenters. The van der Waals surface area contributed by atoms with Gasteiger partial charge in [-0.15, -0.1) is 0 Å². The second-order valence-corrected chi connectivity index (χ2v) is 6.98. The third kappa shape index (κ3) is 7.23. The van der Waals surface area contributed by atoms with Crippen LogP contribution in [0.25, 0.3) is 0 Å². The van der Waals surface area contributed by atoms with E-state index in [9.17, 15) is 0 Å². The van der Waals surface area contributed by atoms with Crippen molar-refractivity contribution in [2.45, 2.75) is 20.4 Å². The molecule has 0 amide bonds. The number of guanidine groups is 1. The maximum absolute atomic E-state index is 5.94. The van der Waals surface area contributed by atoms with Crippen LogP contribution in [0.5, 0.6) is 23.0 Å². The Bertz CT molecular complexity index is 869. The van der Waals surface area contributed by atoms with Gasteiger partial charge in [-0.1, -0.05) is 19.9 Å². The predicted molar refractivity (Wildman–Crippen MR) is 130 cm³/mol. The lowest BCUT2D eigenvalue weighted by atomic mass is 10.2. The average molecular weight is 445 g/mol. The van der Waals surface area contributed by atoms with Crippen molar-refractivity contribution >= 4 is 11.6 Å². The first-order valence-electron chi connectivity index (χ1n) is 10.8. The lowest BCUT2D eigenvalue weighted by molar-refractivity contribution is 0.217. The Morgan fingerprint density at radius 1 is 0.875 bits per heavy atom. The molecule has 0 fully saturated rings. The molecule has 0 aromatic heterocycles. The summed E-state index contributed by atoms with van der Waals surface area (Å²) in [5.41, 5.74) is 1.89. The van der Waals surface area contributed by atoms with E-state index in [2.05, 4.69) is 34.4 Å². The Balaban J connectivity index is 1.96. The fourth-order valence-electron chi connectivity index (χ4n) is 3.18. The Morgan fingerprint density at radius 3 is 2.16 bits per heavy atom. The zero-order valence-electron chi connectivity index (χ0n) is 20.0. The second kappa shape index (κ2) is 13.3. The SMILES string of the molecule is CCN(CC)CCOc1ccc(CNC(=NC)Nc2ccc(OC)c(OC)c2)cc1OC. The van der Waals surface area contributed by atoms with Crippen molar-refractivity contribution in [3.05, 3.63) is 42.0 Å². The van der Waals surface area contributed by atoms with E-state index in [1.807, 2.05) is 36.4 Å². The molecule has 0 bridgehead atoms. The smallest absolute Gasteiger partial charge is 0.195 e. The van der Waals surface area contributed by atoms with Gasteiger partial charge < -0.3 is 34.5 Å². The first-order chi connectivity index (χ1) is 15.6. The minimum absolute atomic E-state index is 0.572. The molecule has 0 aliphatic carbocycles. The number of ether oxygens (including phenoxy) is 4. The van der Waals surface area contributed by atoms with Crippen molar-refractivity contribution in [2.75, 3.05) is 59.9 Å². The van der Waals surface area contributed by atoms with E-state index in [-0.39, 0.29) is 0 Å². The first kappa shape index (κ1) is 25.1. The number of likely N-dealkylation sites (N-methyl/N-ethyl adjacent to an activating group) is 1. The molecule has 2 aromatic rings. The first-order valence-corrected chi connectivity index (χ1v) is 10.8. The Kier molecular flexibility index (Phi) is 10.5. The highest BCUT2D eigenvalue weighted by Crippen LogP contribution is 2.30. The van der Waals surface area contributed by atoms with Crippen LogP contribution in [0.2, 0.25) is 0 Å². The lowest BCUT2D eigenvalue weighted by Gasteiger charge is -2.19. The van der Waals surface area contributed by atoms with Gasteiger partial charge in [-0.2, -0.15) is 0 Å². The molecule has 176 valence electrons. The number of aliphatic imine (C=N–C) groups is 1. The van der Waals surface area contributed by atoms with Crippen molar-refractivity contribution in [3.63, 3.8) is 0 Å². The van der Waals surface area contributed by atoms with Crippen molar-refractivity contribution in [1.29, 1.82) is 0 Å². The van der Waals surface area contributed by atoms with Crippen LogP contribution < -0.4 is 29.6 Å². The van der Waals surface area contributed by atoms with Gasteiger partial charge in [0.2, 0.25) is 0 Å². The van der Waals surface area contributed by atoms with Crippen LogP contribution in [0.15, 0.2) is 41.4 Å². The van der Waals surface area contributed by atoms with Gasteiger partial charge in [0.05, 0.1) is 21.3 Å². The monoisotopic (exact) mass is 444 g/mol. The molecule has 32 heavy (non-hydrogen) atoms. The van der Waals surface area contributed by atoms with Gasteiger partial charge in [0.25, 0.3) is 0 Å². The maximum atomic E-state index is 5.94. The molecule has 2 N–H and O–H groups in total. The van der Waals surface area contributed by atoms with E-state index in [1.54, 1.807) is 28.4 Å². The molecular weight excluding hydrogens is 408 g/mol. The van der Waals surface area contributed by atoms with Crippen LogP contribution in [0.1, 0.15) is 19.4 Å². The van der Waals surface area contributed by atoms with E-state index < -0.39 is 0 Å². The molecule has 0 atom stereocenters. The predicted octanol–water partition coefficient (Wildman–Crippen LogP) is 3.62. The molecule has 0 saturated carbocycles.